The minimum Gasteiger partial charge on any atom is -0.365 e. The number of primary amides is 1. The van der Waals surface area contributed by atoms with Gasteiger partial charge >= 0.3 is 0 Å². The van der Waals surface area contributed by atoms with E-state index in [2.05, 4.69) is 4.98 Å². The predicted octanol–water partition coefficient (Wildman–Crippen LogP) is 2.30. The summed E-state index contributed by atoms with van der Waals surface area (Å²) in [5.41, 5.74) is 6.86. The maximum atomic E-state index is 13.7. The number of amides is 1. The minimum absolute atomic E-state index is 0.151. The van der Waals surface area contributed by atoms with Crippen molar-refractivity contribution in [2.75, 3.05) is 0 Å². The third-order valence-corrected chi connectivity index (χ3v) is 3.24. The van der Waals surface area contributed by atoms with Gasteiger partial charge in [-0.25, -0.2) is 13.8 Å². The third kappa shape index (κ3) is 2.35. The lowest BCUT2D eigenvalue weighted by Crippen LogP contribution is -2.13. The van der Waals surface area contributed by atoms with Crippen LogP contribution < -0.4 is 5.73 Å². The van der Waals surface area contributed by atoms with E-state index >= 15 is 0 Å². The van der Waals surface area contributed by atoms with Crippen LogP contribution in [0.4, 0.5) is 8.78 Å². The Morgan fingerprint density at radius 3 is 2.90 bits per heavy atom. The second kappa shape index (κ2) is 4.97. The molecule has 2 heterocycles. The number of carbonyl (C=O) groups excluding carboxylic acids is 1. The van der Waals surface area contributed by atoms with Gasteiger partial charge in [-0.1, -0.05) is 12.1 Å². The van der Waals surface area contributed by atoms with Crippen molar-refractivity contribution in [2.45, 2.75) is 6.42 Å². The van der Waals surface area contributed by atoms with Crippen LogP contribution in [0, 0.1) is 11.6 Å². The molecule has 0 aliphatic heterocycles. The molecule has 0 saturated carbocycles. The van der Waals surface area contributed by atoms with Crippen LogP contribution in [-0.2, 0) is 6.42 Å². The predicted molar refractivity (Wildman–Crippen MR) is 72.9 cm³/mol. The number of nitrogens with zero attached hydrogens (tertiary/aromatic N) is 2. The zero-order valence-electron chi connectivity index (χ0n) is 10.9. The number of rotatable bonds is 3. The van der Waals surface area contributed by atoms with Gasteiger partial charge in [-0.05, 0) is 23.3 Å². The molecular weight excluding hydrogens is 276 g/mol. The number of carbonyl (C=O) groups is 1. The van der Waals surface area contributed by atoms with Crippen molar-refractivity contribution in [1.29, 1.82) is 0 Å². The fourth-order valence-corrected chi connectivity index (χ4v) is 2.27. The number of benzene rings is 1. The van der Waals surface area contributed by atoms with E-state index in [9.17, 15) is 13.6 Å². The van der Waals surface area contributed by atoms with Crippen molar-refractivity contribution >= 4 is 11.6 Å². The highest BCUT2D eigenvalue weighted by Crippen LogP contribution is 2.18. The smallest absolute Gasteiger partial charge is 0.252 e. The van der Waals surface area contributed by atoms with Crippen LogP contribution in [0.1, 0.15) is 21.5 Å². The minimum atomic E-state index is -0.897. The van der Waals surface area contributed by atoms with Gasteiger partial charge in [0.1, 0.15) is 5.65 Å². The molecule has 0 atom stereocenters. The van der Waals surface area contributed by atoms with Gasteiger partial charge in [0.2, 0.25) is 0 Å². The highest BCUT2D eigenvalue weighted by molar-refractivity contribution is 5.98. The van der Waals surface area contributed by atoms with Crippen LogP contribution in [0.15, 0.2) is 42.9 Å². The Bertz CT molecular complexity index is 842. The fourth-order valence-electron chi connectivity index (χ4n) is 2.27. The number of hydrogen-bond acceptors (Lipinski definition) is 2. The van der Waals surface area contributed by atoms with Crippen LogP contribution >= 0.6 is 0 Å². The summed E-state index contributed by atoms with van der Waals surface area (Å²) in [4.78, 5) is 15.5. The third-order valence-electron chi connectivity index (χ3n) is 3.24. The Morgan fingerprint density at radius 2 is 2.14 bits per heavy atom. The average Bonchev–Trinajstić information content (AvgIpc) is 2.91. The van der Waals surface area contributed by atoms with Gasteiger partial charge < -0.3 is 10.1 Å². The SMILES string of the molecule is NC(=O)c1cc(Cc2cccc(F)c2F)cn2ccnc12. The molecule has 0 bridgehead atoms. The zero-order chi connectivity index (χ0) is 15.0. The molecule has 0 radical (unpaired) electrons. The Balaban J connectivity index is 2.08. The molecule has 3 aromatic rings. The number of aromatic nitrogens is 2. The lowest BCUT2D eigenvalue weighted by atomic mass is 10.0. The van der Waals surface area contributed by atoms with E-state index in [1.54, 1.807) is 22.9 Å². The zero-order valence-corrected chi connectivity index (χ0v) is 10.9. The molecule has 106 valence electrons. The van der Waals surface area contributed by atoms with Gasteiger partial charge in [0, 0.05) is 25.0 Å². The van der Waals surface area contributed by atoms with Crippen molar-refractivity contribution in [2.24, 2.45) is 5.73 Å². The maximum Gasteiger partial charge on any atom is 0.252 e. The Hall–Kier alpha value is -2.76. The molecule has 0 unspecified atom stereocenters. The highest BCUT2D eigenvalue weighted by atomic mass is 19.2. The fraction of sp³-hybridized carbons (Fsp3) is 0.0667. The van der Waals surface area contributed by atoms with Gasteiger partial charge in [0.05, 0.1) is 5.56 Å². The summed E-state index contributed by atoms with van der Waals surface area (Å²) in [6.45, 7) is 0. The van der Waals surface area contributed by atoms with Crippen LogP contribution in [0.5, 0.6) is 0 Å². The van der Waals surface area contributed by atoms with Crippen molar-refractivity contribution in [3.63, 3.8) is 0 Å². The molecular formula is C15H11F2N3O. The Kier molecular flexibility index (Phi) is 3.13. The first-order valence-electron chi connectivity index (χ1n) is 6.24. The molecule has 21 heavy (non-hydrogen) atoms. The highest BCUT2D eigenvalue weighted by Gasteiger charge is 2.13. The molecule has 4 nitrogen and oxygen atoms in total. The number of nitrogens with two attached hydrogens (primary N) is 1. The molecule has 1 aromatic carbocycles. The maximum absolute atomic E-state index is 13.7. The second-order valence-electron chi connectivity index (χ2n) is 4.67. The number of imidazole rings is 1. The number of fused-ring (bicyclic) bond motifs is 1. The van der Waals surface area contributed by atoms with E-state index < -0.39 is 17.5 Å². The van der Waals surface area contributed by atoms with E-state index in [1.165, 1.54) is 18.3 Å². The monoisotopic (exact) mass is 287 g/mol. The van der Waals surface area contributed by atoms with Crippen molar-refractivity contribution in [3.8, 4) is 0 Å². The summed E-state index contributed by atoms with van der Waals surface area (Å²) in [6.07, 6.45) is 5.05. The van der Waals surface area contributed by atoms with Crippen LogP contribution in [0.3, 0.4) is 0 Å². The molecule has 2 N–H and O–H groups in total. The first-order chi connectivity index (χ1) is 10.1. The van der Waals surface area contributed by atoms with Crippen LogP contribution in [-0.4, -0.2) is 15.3 Å². The molecule has 0 fully saturated rings. The standard InChI is InChI=1S/C15H11F2N3O/c16-12-3-1-2-10(13(12)17)6-9-7-11(14(18)21)15-19-4-5-20(15)8-9/h1-5,7-8H,6H2,(H2,18,21). The van der Waals surface area contributed by atoms with Crippen LogP contribution in [0.25, 0.3) is 5.65 Å². The summed E-state index contributed by atoms with van der Waals surface area (Å²) < 4.78 is 28.6. The normalized spacial score (nSPS) is 11.0. The average molecular weight is 287 g/mol. The molecule has 2 aromatic heterocycles. The van der Waals surface area contributed by atoms with Gasteiger partial charge in [-0.2, -0.15) is 0 Å². The number of pyridine rings is 1. The Morgan fingerprint density at radius 1 is 1.33 bits per heavy atom. The number of halogens is 2. The van der Waals surface area contributed by atoms with Gasteiger partial charge in [0.15, 0.2) is 11.6 Å². The second-order valence-corrected chi connectivity index (χ2v) is 4.67. The largest absolute Gasteiger partial charge is 0.365 e. The first kappa shape index (κ1) is 13.2. The first-order valence-corrected chi connectivity index (χ1v) is 6.24. The van der Waals surface area contributed by atoms with Gasteiger partial charge in [-0.15, -0.1) is 0 Å². The van der Waals surface area contributed by atoms with E-state index in [0.717, 1.165) is 6.07 Å². The molecule has 0 saturated heterocycles. The Labute approximate surface area is 118 Å². The summed E-state index contributed by atoms with van der Waals surface area (Å²) in [6, 6.07) is 5.56. The lowest BCUT2D eigenvalue weighted by Gasteiger charge is -2.07. The molecule has 0 aliphatic rings. The topological polar surface area (TPSA) is 60.4 Å². The van der Waals surface area contributed by atoms with E-state index in [1.807, 2.05) is 0 Å². The van der Waals surface area contributed by atoms with E-state index in [-0.39, 0.29) is 17.5 Å². The molecule has 1 amide bonds. The van der Waals surface area contributed by atoms with Crippen molar-refractivity contribution < 1.29 is 13.6 Å². The molecule has 0 spiro atoms. The molecule has 0 aliphatic carbocycles. The van der Waals surface area contributed by atoms with Gasteiger partial charge in [0.25, 0.3) is 5.91 Å². The van der Waals surface area contributed by atoms with Crippen molar-refractivity contribution in [3.05, 3.63) is 71.2 Å². The molecule has 6 heteroatoms. The van der Waals surface area contributed by atoms with Crippen molar-refractivity contribution in [1.82, 2.24) is 9.38 Å². The number of hydrogen-bond donors (Lipinski definition) is 1. The van der Waals surface area contributed by atoms with E-state index in [0.29, 0.717) is 11.2 Å². The lowest BCUT2D eigenvalue weighted by molar-refractivity contribution is 0.100. The molecule has 3 rings (SSSR count). The summed E-state index contributed by atoms with van der Waals surface area (Å²) in [5.74, 6) is -2.40. The quantitative estimate of drug-likeness (QED) is 0.803. The van der Waals surface area contributed by atoms with Crippen LogP contribution in [0.2, 0.25) is 0 Å². The summed E-state index contributed by atoms with van der Waals surface area (Å²) >= 11 is 0. The summed E-state index contributed by atoms with van der Waals surface area (Å²) in [7, 11) is 0. The van der Waals surface area contributed by atoms with Gasteiger partial charge in [-0.3, -0.25) is 4.79 Å². The van der Waals surface area contributed by atoms with E-state index in [4.69, 9.17) is 5.73 Å². The summed E-state index contributed by atoms with van der Waals surface area (Å²) in [5, 5.41) is 0.